The standard InChI is InChI=1S/C44H44FN9O4/c1-28-15-16-36(52(3)40-17-20-46-44(49-40)58-4)26-37(28)39-27-54(51-50-39)35-18-21-53(22-19-35)43(57)33-12-7-11-32(23-33)42(56)47-29(2)30-10-8-13-34(24-30)48-41(55)25-31-9-5-6-14-38(31)45/h5-17,20,23-24,26-27,29,35H,18-19,21-22,25H2,1-4H3,(H,47,56)(H,48,55). The number of piperidine rings is 1. The van der Waals surface area contributed by atoms with Gasteiger partial charge in [0.05, 0.1) is 31.8 Å². The molecule has 3 amide bonds. The molecule has 1 atom stereocenters. The van der Waals surface area contributed by atoms with Crippen LogP contribution in [0.5, 0.6) is 6.01 Å². The molecule has 2 aromatic heterocycles. The van der Waals surface area contributed by atoms with Crippen LogP contribution in [-0.2, 0) is 11.2 Å². The Bertz CT molecular complexity index is 2450. The van der Waals surface area contributed by atoms with Crippen LogP contribution in [-0.4, -0.2) is 74.8 Å². The third-order valence-electron chi connectivity index (χ3n) is 10.4. The molecule has 0 aliphatic carbocycles. The molecule has 1 fully saturated rings. The third kappa shape index (κ3) is 9.02. The number of amides is 3. The maximum Gasteiger partial charge on any atom is 0.318 e. The summed E-state index contributed by atoms with van der Waals surface area (Å²) in [5.74, 6) is -0.567. The summed E-state index contributed by atoms with van der Waals surface area (Å²) in [5.41, 5.74) is 6.10. The Hall–Kier alpha value is -6.96. The fourth-order valence-electron chi connectivity index (χ4n) is 7.00. The van der Waals surface area contributed by atoms with Gasteiger partial charge in [-0.3, -0.25) is 14.4 Å². The monoisotopic (exact) mass is 781 g/mol. The molecule has 0 spiro atoms. The highest BCUT2D eigenvalue weighted by Crippen LogP contribution is 2.31. The molecule has 3 heterocycles. The summed E-state index contributed by atoms with van der Waals surface area (Å²) >= 11 is 0. The van der Waals surface area contributed by atoms with Gasteiger partial charge in [-0.15, -0.1) is 5.10 Å². The molecule has 1 unspecified atom stereocenters. The largest absolute Gasteiger partial charge is 0.467 e. The number of nitrogens with zero attached hydrogens (tertiary/aromatic N) is 7. The number of nitrogens with one attached hydrogen (secondary N) is 2. The van der Waals surface area contributed by atoms with Crippen molar-refractivity contribution in [1.82, 2.24) is 35.2 Å². The van der Waals surface area contributed by atoms with Crippen molar-refractivity contribution in [3.8, 4) is 17.3 Å². The number of halogens is 1. The predicted octanol–water partition coefficient (Wildman–Crippen LogP) is 7.11. The van der Waals surface area contributed by atoms with Gasteiger partial charge in [0.1, 0.15) is 17.3 Å². The number of hydrogen-bond donors (Lipinski definition) is 2. The first-order chi connectivity index (χ1) is 28.1. The lowest BCUT2D eigenvalue weighted by Gasteiger charge is -2.32. The first kappa shape index (κ1) is 39.3. The third-order valence-corrected chi connectivity index (χ3v) is 10.4. The van der Waals surface area contributed by atoms with E-state index >= 15 is 0 Å². The van der Waals surface area contributed by atoms with Gasteiger partial charge in [-0.25, -0.2) is 14.1 Å². The van der Waals surface area contributed by atoms with Gasteiger partial charge in [-0.05, 0) is 98.0 Å². The fraction of sp³-hybridized carbons (Fsp3) is 0.250. The first-order valence-electron chi connectivity index (χ1n) is 19.0. The van der Waals surface area contributed by atoms with Crippen LogP contribution < -0.4 is 20.3 Å². The second kappa shape index (κ2) is 17.5. The van der Waals surface area contributed by atoms with Crippen LogP contribution in [0.2, 0.25) is 0 Å². The molecule has 13 nitrogen and oxygen atoms in total. The average molecular weight is 782 g/mol. The zero-order valence-electron chi connectivity index (χ0n) is 32.7. The number of carbonyl (C=O) groups is 3. The van der Waals surface area contributed by atoms with E-state index in [4.69, 9.17) is 4.74 Å². The molecule has 1 aliphatic rings. The lowest BCUT2D eigenvalue weighted by molar-refractivity contribution is -0.115. The van der Waals surface area contributed by atoms with Crippen molar-refractivity contribution in [2.24, 2.45) is 0 Å². The Morgan fingerprint density at radius 1 is 0.948 bits per heavy atom. The second-order valence-electron chi connectivity index (χ2n) is 14.3. The molecule has 0 bridgehead atoms. The predicted molar refractivity (Wildman–Crippen MR) is 219 cm³/mol. The highest BCUT2D eigenvalue weighted by molar-refractivity contribution is 6.00. The molecule has 6 aromatic rings. The Morgan fingerprint density at radius 2 is 1.72 bits per heavy atom. The van der Waals surface area contributed by atoms with E-state index in [-0.39, 0.29) is 30.2 Å². The van der Waals surface area contributed by atoms with Crippen molar-refractivity contribution in [2.75, 3.05) is 37.5 Å². The van der Waals surface area contributed by atoms with E-state index < -0.39 is 11.9 Å². The van der Waals surface area contributed by atoms with Crippen molar-refractivity contribution < 1.29 is 23.5 Å². The lowest BCUT2D eigenvalue weighted by atomic mass is 10.0. The summed E-state index contributed by atoms with van der Waals surface area (Å²) in [6.07, 6.45) is 4.92. The molecular formula is C44H44FN9O4. The van der Waals surface area contributed by atoms with E-state index in [9.17, 15) is 18.8 Å². The molecular weight excluding hydrogens is 738 g/mol. The van der Waals surface area contributed by atoms with E-state index in [1.54, 1.807) is 66.9 Å². The number of likely N-dealkylation sites (tertiary alicyclic amines) is 1. The molecule has 296 valence electrons. The number of methoxy groups -OCH3 is 1. The number of aromatic nitrogens is 5. The normalized spacial score (nSPS) is 13.4. The van der Waals surface area contributed by atoms with Crippen molar-refractivity contribution in [3.05, 3.63) is 143 Å². The first-order valence-corrected chi connectivity index (χ1v) is 19.0. The van der Waals surface area contributed by atoms with Gasteiger partial charge in [0.2, 0.25) is 5.91 Å². The molecule has 0 radical (unpaired) electrons. The van der Waals surface area contributed by atoms with Crippen LogP contribution in [0.4, 0.5) is 21.6 Å². The molecule has 2 N–H and O–H groups in total. The summed E-state index contributed by atoms with van der Waals surface area (Å²) in [6, 6.07) is 27.9. The zero-order chi connectivity index (χ0) is 40.8. The fourth-order valence-corrected chi connectivity index (χ4v) is 7.00. The quantitative estimate of drug-likeness (QED) is 0.133. The van der Waals surface area contributed by atoms with Gasteiger partial charge in [0.15, 0.2) is 0 Å². The summed E-state index contributed by atoms with van der Waals surface area (Å²) in [5, 5.41) is 14.8. The zero-order valence-corrected chi connectivity index (χ0v) is 32.7. The van der Waals surface area contributed by atoms with Crippen molar-refractivity contribution in [3.63, 3.8) is 0 Å². The Balaban J connectivity index is 0.938. The topological polar surface area (TPSA) is 147 Å². The van der Waals surface area contributed by atoms with Crippen molar-refractivity contribution in [1.29, 1.82) is 0 Å². The van der Waals surface area contributed by atoms with E-state index in [1.807, 2.05) is 65.8 Å². The minimum absolute atomic E-state index is 0.0715. The molecule has 0 saturated carbocycles. The van der Waals surface area contributed by atoms with Crippen LogP contribution in [0.3, 0.4) is 0 Å². The Morgan fingerprint density at radius 3 is 2.52 bits per heavy atom. The number of hydrogen-bond acceptors (Lipinski definition) is 9. The van der Waals surface area contributed by atoms with Gasteiger partial charge in [-0.1, -0.05) is 47.7 Å². The maximum absolute atomic E-state index is 14.0. The second-order valence-corrected chi connectivity index (χ2v) is 14.3. The number of anilines is 3. The smallest absolute Gasteiger partial charge is 0.318 e. The van der Waals surface area contributed by atoms with Crippen molar-refractivity contribution in [2.45, 2.75) is 45.2 Å². The molecule has 1 aliphatic heterocycles. The number of aryl methyl sites for hydroxylation is 1. The molecule has 58 heavy (non-hydrogen) atoms. The van der Waals surface area contributed by atoms with Gasteiger partial charge >= 0.3 is 6.01 Å². The lowest BCUT2D eigenvalue weighted by Crippen LogP contribution is -2.39. The van der Waals surface area contributed by atoms with Crippen LogP contribution in [0.1, 0.15) is 69.3 Å². The molecule has 4 aromatic carbocycles. The minimum atomic E-state index is -0.434. The van der Waals surface area contributed by atoms with Gasteiger partial charge in [0, 0.05) is 54.4 Å². The summed E-state index contributed by atoms with van der Waals surface area (Å²) in [6.45, 7) is 4.93. The average Bonchev–Trinajstić information content (AvgIpc) is 3.74. The number of carbonyl (C=O) groups excluding carboxylic acids is 3. The van der Waals surface area contributed by atoms with Crippen molar-refractivity contribution >= 4 is 34.9 Å². The van der Waals surface area contributed by atoms with Crippen LogP contribution in [0.15, 0.2) is 109 Å². The molecule has 14 heteroatoms. The highest BCUT2D eigenvalue weighted by atomic mass is 19.1. The number of ether oxygens (including phenoxy) is 1. The van der Waals surface area contributed by atoms with Crippen LogP contribution in [0.25, 0.3) is 11.3 Å². The maximum atomic E-state index is 14.0. The summed E-state index contributed by atoms with van der Waals surface area (Å²) < 4.78 is 21.1. The summed E-state index contributed by atoms with van der Waals surface area (Å²) in [7, 11) is 3.47. The van der Waals surface area contributed by atoms with Crippen LogP contribution in [0, 0.1) is 12.7 Å². The minimum Gasteiger partial charge on any atom is -0.467 e. The van der Waals surface area contributed by atoms with Gasteiger partial charge < -0.3 is 25.2 Å². The van der Waals surface area contributed by atoms with E-state index in [0.717, 1.165) is 28.1 Å². The van der Waals surface area contributed by atoms with E-state index in [1.165, 1.54) is 13.2 Å². The molecule has 7 rings (SSSR count). The van der Waals surface area contributed by atoms with Gasteiger partial charge in [0.25, 0.3) is 11.8 Å². The molecule has 1 saturated heterocycles. The van der Waals surface area contributed by atoms with Gasteiger partial charge in [-0.2, -0.15) is 4.98 Å². The SMILES string of the molecule is COc1nccc(N(C)c2ccc(C)c(-c3cn(C4CCN(C(=O)c5cccc(C(=O)NC(C)c6cccc(NC(=O)Cc7ccccc7F)c6)c5)CC4)nn3)c2)n1. The highest BCUT2D eigenvalue weighted by Gasteiger charge is 2.26. The van der Waals surface area contributed by atoms with Crippen LogP contribution >= 0.6 is 0 Å². The Kier molecular flexibility index (Phi) is 11.8. The summed E-state index contributed by atoms with van der Waals surface area (Å²) in [4.78, 5) is 51.9. The Labute approximate surface area is 335 Å². The number of benzene rings is 4. The van der Waals surface area contributed by atoms with E-state index in [0.29, 0.717) is 60.1 Å². The number of rotatable bonds is 12. The van der Waals surface area contributed by atoms with E-state index in [2.05, 4.69) is 37.0 Å².